The normalized spacial score (nSPS) is 14.8. The van der Waals surface area contributed by atoms with E-state index >= 15 is 0 Å². The highest BCUT2D eigenvalue weighted by molar-refractivity contribution is 5.94. The van der Waals surface area contributed by atoms with Crippen molar-refractivity contribution in [1.82, 2.24) is 16.0 Å². The van der Waals surface area contributed by atoms with E-state index in [4.69, 9.17) is 5.73 Å². The summed E-state index contributed by atoms with van der Waals surface area (Å²) in [6.45, 7) is 7.53. The minimum Gasteiger partial charge on any atom is -0.382 e. The minimum absolute atomic E-state index is 0.0272. The van der Waals surface area contributed by atoms with Gasteiger partial charge in [0.05, 0.1) is 11.2 Å². The third-order valence-corrected chi connectivity index (χ3v) is 5.02. The Labute approximate surface area is 173 Å². The number of amides is 3. The molecule has 0 spiro atoms. The molecular weight excluding hydrogens is 368 g/mol. The van der Waals surface area contributed by atoms with Crippen LogP contribution in [0.4, 0.5) is 0 Å². The van der Waals surface area contributed by atoms with Gasteiger partial charge >= 0.3 is 0 Å². The standard InChI is InChI=1S/C22H34N4O3/c1-6-11-17(27)25-20(19(24-5)21(23)29)22(4,7-2)26-18(28)14-15(3)16-12-9-8-10-13-16/h8-10,12-13,15,24H,6-7,11,14H2,1-5H3,(H2,23,29)(H,25,27)(H,26,28). The molecule has 0 radical (unpaired) electrons. The van der Waals surface area contributed by atoms with Gasteiger partial charge in [-0.15, -0.1) is 0 Å². The second kappa shape index (κ2) is 11.2. The van der Waals surface area contributed by atoms with Crippen molar-refractivity contribution in [3.63, 3.8) is 0 Å². The molecule has 0 aromatic heterocycles. The van der Waals surface area contributed by atoms with Gasteiger partial charge in [-0.25, -0.2) is 0 Å². The first kappa shape index (κ1) is 24.2. The molecule has 3 amide bonds. The summed E-state index contributed by atoms with van der Waals surface area (Å²) in [7, 11) is 1.56. The Morgan fingerprint density at radius 2 is 1.72 bits per heavy atom. The Bertz CT molecular complexity index is 746. The van der Waals surface area contributed by atoms with Gasteiger partial charge in [-0.2, -0.15) is 0 Å². The zero-order valence-corrected chi connectivity index (χ0v) is 18.1. The maximum absolute atomic E-state index is 12.8. The van der Waals surface area contributed by atoms with Gasteiger partial charge < -0.3 is 21.7 Å². The fraction of sp³-hybridized carbons (Fsp3) is 0.500. The number of nitrogens with one attached hydrogen (secondary N) is 3. The van der Waals surface area contributed by atoms with Gasteiger partial charge in [-0.3, -0.25) is 14.4 Å². The number of hydrogen-bond donors (Lipinski definition) is 4. The number of primary amides is 1. The molecule has 0 fully saturated rings. The lowest BCUT2D eigenvalue weighted by Gasteiger charge is -2.34. The van der Waals surface area contributed by atoms with Crippen molar-refractivity contribution < 1.29 is 14.4 Å². The molecule has 0 bridgehead atoms. The first-order chi connectivity index (χ1) is 13.7. The van der Waals surface area contributed by atoms with Gasteiger partial charge in [0, 0.05) is 19.9 Å². The van der Waals surface area contributed by atoms with Crippen LogP contribution in [0.2, 0.25) is 0 Å². The van der Waals surface area contributed by atoms with E-state index in [0.717, 1.165) is 5.56 Å². The molecule has 0 aliphatic heterocycles. The van der Waals surface area contributed by atoms with Crippen molar-refractivity contribution in [2.24, 2.45) is 5.73 Å². The van der Waals surface area contributed by atoms with Crippen molar-refractivity contribution >= 4 is 17.7 Å². The van der Waals surface area contributed by atoms with E-state index in [1.54, 1.807) is 14.0 Å². The molecule has 0 aliphatic rings. The molecular formula is C22H34N4O3. The van der Waals surface area contributed by atoms with Crippen LogP contribution in [0, 0.1) is 0 Å². The number of likely N-dealkylation sites (N-methyl/N-ethyl adjacent to an activating group) is 1. The summed E-state index contributed by atoms with van der Waals surface area (Å²) in [6.07, 6.45) is 1.70. The van der Waals surface area contributed by atoms with Crippen LogP contribution in [0.1, 0.15) is 64.9 Å². The number of benzene rings is 1. The van der Waals surface area contributed by atoms with E-state index in [9.17, 15) is 14.4 Å². The summed E-state index contributed by atoms with van der Waals surface area (Å²) in [6, 6.07) is 9.79. The highest BCUT2D eigenvalue weighted by atomic mass is 16.2. The Hall–Kier alpha value is -2.83. The number of hydrogen-bond acceptors (Lipinski definition) is 4. The van der Waals surface area contributed by atoms with Gasteiger partial charge in [0.25, 0.3) is 5.91 Å². The summed E-state index contributed by atoms with van der Waals surface area (Å²) >= 11 is 0. The van der Waals surface area contributed by atoms with Crippen LogP contribution in [-0.4, -0.2) is 30.3 Å². The highest BCUT2D eigenvalue weighted by Gasteiger charge is 2.34. The summed E-state index contributed by atoms with van der Waals surface area (Å²) < 4.78 is 0. The lowest BCUT2D eigenvalue weighted by atomic mass is 9.90. The Balaban J connectivity index is 3.14. The zero-order chi connectivity index (χ0) is 22.0. The predicted octanol–water partition coefficient (Wildman–Crippen LogP) is 2.30. The lowest BCUT2D eigenvalue weighted by Crippen LogP contribution is -2.53. The van der Waals surface area contributed by atoms with Crippen molar-refractivity contribution in [1.29, 1.82) is 0 Å². The minimum atomic E-state index is -0.968. The van der Waals surface area contributed by atoms with Crippen LogP contribution in [0.5, 0.6) is 0 Å². The highest BCUT2D eigenvalue weighted by Crippen LogP contribution is 2.24. The summed E-state index contributed by atoms with van der Waals surface area (Å²) in [5, 5.41) is 8.56. The summed E-state index contributed by atoms with van der Waals surface area (Å²) in [5.74, 6) is -1.08. The molecule has 0 saturated carbocycles. The first-order valence-electron chi connectivity index (χ1n) is 10.1. The average Bonchev–Trinajstić information content (AvgIpc) is 2.68. The smallest absolute Gasteiger partial charge is 0.266 e. The molecule has 0 saturated heterocycles. The van der Waals surface area contributed by atoms with Crippen LogP contribution in [0.15, 0.2) is 41.7 Å². The molecule has 2 unspecified atom stereocenters. The second-order valence-electron chi connectivity index (χ2n) is 7.41. The molecule has 7 nitrogen and oxygen atoms in total. The molecule has 1 rings (SSSR count). The maximum Gasteiger partial charge on any atom is 0.266 e. The molecule has 5 N–H and O–H groups in total. The van der Waals surface area contributed by atoms with Crippen LogP contribution >= 0.6 is 0 Å². The van der Waals surface area contributed by atoms with E-state index in [1.807, 2.05) is 51.1 Å². The maximum atomic E-state index is 12.8. The molecule has 160 valence electrons. The fourth-order valence-corrected chi connectivity index (χ4v) is 3.14. The van der Waals surface area contributed by atoms with E-state index < -0.39 is 11.4 Å². The van der Waals surface area contributed by atoms with Crippen molar-refractivity contribution in [2.45, 2.75) is 64.8 Å². The Morgan fingerprint density at radius 3 is 2.21 bits per heavy atom. The van der Waals surface area contributed by atoms with Gasteiger partial charge in [-0.1, -0.05) is 51.1 Å². The van der Waals surface area contributed by atoms with Crippen LogP contribution in [0.25, 0.3) is 0 Å². The summed E-state index contributed by atoms with van der Waals surface area (Å²) in [5.41, 5.74) is 5.98. The Kier molecular flexibility index (Phi) is 9.38. The topological polar surface area (TPSA) is 113 Å². The largest absolute Gasteiger partial charge is 0.382 e. The molecule has 2 atom stereocenters. The number of carbonyl (C=O) groups excluding carboxylic acids is 3. The number of rotatable bonds is 11. The molecule has 29 heavy (non-hydrogen) atoms. The number of carbonyl (C=O) groups is 3. The van der Waals surface area contributed by atoms with Crippen molar-refractivity contribution in [3.8, 4) is 0 Å². The van der Waals surface area contributed by atoms with Gasteiger partial charge in [-0.05, 0) is 31.2 Å². The average molecular weight is 403 g/mol. The van der Waals surface area contributed by atoms with Crippen molar-refractivity contribution in [3.05, 3.63) is 47.3 Å². The molecule has 1 aromatic carbocycles. The number of nitrogens with two attached hydrogens (primary N) is 1. The van der Waals surface area contributed by atoms with E-state index in [2.05, 4.69) is 16.0 Å². The van der Waals surface area contributed by atoms with Crippen LogP contribution < -0.4 is 21.7 Å². The fourth-order valence-electron chi connectivity index (χ4n) is 3.14. The van der Waals surface area contributed by atoms with E-state index in [1.165, 1.54) is 0 Å². The molecule has 7 heteroatoms. The van der Waals surface area contributed by atoms with Gasteiger partial charge in [0.15, 0.2) is 0 Å². The third kappa shape index (κ3) is 6.93. The summed E-state index contributed by atoms with van der Waals surface area (Å²) in [4.78, 5) is 37.0. The molecule has 0 aliphatic carbocycles. The zero-order valence-electron chi connectivity index (χ0n) is 18.1. The predicted molar refractivity (Wildman–Crippen MR) is 115 cm³/mol. The third-order valence-electron chi connectivity index (χ3n) is 5.02. The van der Waals surface area contributed by atoms with Crippen molar-refractivity contribution in [2.75, 3.05) is 7.05 Å². The second-order valence-corrected chi connectivity index (χ2v) is 7.41. The SMILES string of the molecule is CCCC(=O)NC(=C(NC)C(N)=O)C(C)(CC)NC(=O)CC(C)c1ccccc1. The lowest BCUT2D eigenvalue weighted by molar-refractivity contribution is -0.124. The van der Waals surface area contributed by atoms with Crippen LogP contribution in [0.3, 0.4) is 0 Å². The monoisotopic (exact) mass is 402 g/mol. The van der Waals surface area contributed by atoms with Gasteiger partial charge in [0.2, 0.25) is 11.8 Å². The van der Waals surface area contributed by atoms with E-state index in [-0.39, 0.29) is 35.5 Å². The molecule has 1 aromatic rings. The quantitative estimate of drug-likeness (QED) is 0.425. The van der Waals surface area contributed by atoms with E-state index in [0.29, 0.717) is 19.3 Å². The van der Waals surface area contributed by atoms with Gasteiger partial charge in [0.1, 0.15) is 5.70 Å². The molecule has 0 heterocycles. The first-order valence-corrected chi connectivity index (χ1v) is 10.1. The Morgan fingerprint density at radius 1 is 1.10 bits per heavy atom. The van der Waals surface area contributed by atoms with Crippen LogP contribution in [-0.2, 0) is 14.4 Å².